The van der Waals surface area contributed by atoms with Crippen molar-refractivity contribution in [3.8, 4) is 0 Å². The standard InChI is InChI=1S/C19H26N4O2/c1-22(2)19(25)17-5-3-11-23(17)12-4-9-21-18(24)15-7-6-14-8-10-20-16(14)13-15/h6-8,10,13,17,20H,3-5,9,11-12H2,1-2H3,(H,21,24)/t17-/m0/s1. The van der Waals surface area contributed by atoms with Crippen LogP contribution in [0.5, 0.6) is 0 Å². The van der Waals surface area contributed by atoms with Gasteiger partial charge in [0, 0.05) is 44.5 Å². The van der Waals surface area contributed by atoms with Crippen LogP contribution in [0, 0.1) is 0 Å². The van der Waals surface area contributed by atoms with Crippen LogP contribution in [0.4, 0.5) is 0 Å². The van der Waals surface area contributed by atoms with Gasteiger partial charge < -0.3 is 15.2 Å². The number of carbonyl (C=O) groups excluding carboxylic acids is 2. The Morgan fingerprint density at radius 3 is 2.96 bits per heavy atom. The number of H-pyrrole nitrogens is 1. The largest absolute Gasteiger partial charge is 0.361 e. The number of aromatic nitrogens is 1. The molecule has 1 aliphatic rings. The molecule has 134 valence electrons. The van der Waals surface area contributed by atoms with Gasteiger partial charge in [0.05, 0.1) is 6.04 Å². The van der Waals surface area contributed by atoms with Gasteiger partial charge in [0.1, 0.15) is 0 Å². The Bertz CT molecular complexity index is 753. The second kappa shape index (κ2) is 7.70. The van der Waals surface area contributed by atoms with Gasteiger partial charge in [-0.2, -0.15) is 0 Å². The molecule has 0 spiro atoms. The van der Waals surface area contributed by atoms with Crippen molar-refractivity contribution in [1.82, 2.24) is 20.1 Å². The zero-order chi connectivity index (χ0) is 17.8. The van der Waals surface area contributed by atoms with Crippen LogP contribution in [0.3, 0.4) is 0 Å². The first-order chi connectivity index (χ1) is 12.1. The maximum Gasteiger partial charge on any atom is 0.251 e. The number of carbonyl (C=O) groups is 2. The maximum atomic E-state index is 12.3. The first-order valence-electron chi connectivity index (χ1n) is 8.87. The minimum absolute atomic E-state index is 0.000914. The van der Waals surface area contributed by atoms with Crippen molar-refractivity contribution in [3.05, 3.63) is 36.0 Å². The number of amides is 2. The first-order valence-corrected chi connectivity index (χ1v) is 8.87. The molecule has 0 radical (unpaired) electrons. The van der Waals surface area contributed by atoms with E-state index in [-0.39, 0.29) is 17.9 Å². The van der Waals surface area contributed by atoms with Crippen LogP contribution in [0.1, 0.15) is 29.6 Å². The van der Waals surface area contributed by atoms with Crippen LogP contribution in [0.15, 0.2) is 30.5 Å². The number of benzene rings is 1. The highest BCUT2D eigenvalue weighted by molar-refractivity contribution is 5.97. The Hall–Kier alpha value is -2.34. The van der Waals surface area contributed by atoms with E-state index < -0.39 is 0 Å². The third kappa shape index (κ3) is 4.02. The van der Waals surface area contributed by atoms with Gasteiger partial charge in [-0.15, -0.1) is 0 Å². The third-order valence-electron chi connectivity index (χ3n) is 4.81. The molecule has 2 aromatic rings. The van der Waals surface area contributed by atoms with Crippen LogP contribution < -0.4 is 5.32 Å². The van der Waals surface area contributed by atoms with Gasteiger partial charge in [-0.25, -0.2) is 0 Å². The van der Waals surface area contributed by atoms with Crippen LogP contribution in [-0.2, 0) is 4.79 Å². The SMILES string of the molecule is CN(C)C(=O)[C@@H]1CCCN1CCCNC(=O)c1ccc2cc[nH]c2c1. The van der Waals surface area contributed by atoms with Gasteiger partial charge >= 0.3 is 0 Å². The number of aromatic amines is 1. The molecule has 25 heavy (non-hydrogen) atoms. The number of hydrogen-bond donors (Lipinski definition) is 2. The van der Waals surface area contributed by atoms with Crippen molar-refractivity contribution in [2.24, 2.45) is 0 Å². The van der Waals surface area contributed by atoms with Crippen molar-refractivity contribution >= 4 is 22.7 Å². The zero-order valence-electron chi connectivity index (χ0n) is 14.9. The third-order valence-corrected chi connectivity index (χ3v) is 4.81. The predicted molar refractivity (Wildman–Crippen MR) is 98.5 cm³/mol. The first kappa shape index (κ1) is 17.5. The zero-order valence-corrected chi connectivity index (χ0v) is 14.9. The van der Waals surface area contributed by atoms with Gasteiger partial charge in [-0.1, -0.05) is 6.07 Å². The van der Waals surface area contributed by atoms with Crippen LogP contribution >= 0.6 is 0 Å². The van der Waals surface area contributed by atoms with Gasteiger partial charge in [0.15, 0.2) is 0 Å². The number of likely N-dealkylation sites (tertiary alicyclic amines) is 1. The summed E-state index contributed by atoms with van der Waals surface area (Å²) in [6.07, 6.45) is 4.70. The second-order valence-electron chi connectivity index (χ2n) is 6.82. The molecule has 2 amide bonds. The molecule has 2 N–H and O–H groups in total. The molecule has 0 unspecified atom stereocenters. The highest BCUT2D eigenvalue weighted by Crippen LogP contribution is 2.19. The average molecular weight is 342 g/mol. The summed E-state index contributed by atoms with van der Waals surface area (Å²) in [4.78, 5) is 31.5. The quantitative estimate of drug-likeness (QED) is 0.787. The molecule has 3 rings (SSSR count). The lowest BCUT2D eigenvalue weighted by Crippen LogP contribution is -2.43. The average Bonchev–Trinajstić information content (AvgIpc) is 3.25. The van der Waals surface area contributed by atoms with E-state index in [1.165, 1.54) is 0 Å². The van der Waals surface area contributed by atoms with Gasteiger partial charge in [0.2, 0.25) is 5.91 Å². The summed E-state index contributed by atoms with van der Waals surface area (Å²) >= 11 is 0. The second-order valence-corrected chi connectivity index (χ2v) is 6.82. The van der Waals surface area contributed by atoms with Gasteiger partial charge in [0.25, 0.3) is 5.91 Å². The van der Waals surface area contributed by atoms with E-state index in [1.807, 2.05) is 30.5 Å². The molecule has 0 bridgehead atoms. The minimum atomic E-state index is -0.0566. The highest BCUT2D eigenvalue weighted by Gasteiger charge is 2.30. The number of rotatable bonds is 6. The minimum Gasteiger partial charge on any atom is -0.361 e. The fraction of sp³-hybridized carbons (Fsp3) is 0.474. The van der Waals surface area contributed by atoms with Crippen molar-refractivity contribution in [2.75, 3.05) is 33.7 Å². The van der Waals surface area contributed by atoms with Gasteiger partial charge in [-0.05, 0) is 49.4 Å². The Labute approximate surface area is 148 Å². The summed E-state index contributed by atoms with van der Waals surface area (Å²) in [6.45, 7) is 2.41. The van der Waals surface area contributed by atoms with E-state index in [0.29, 0.717) is 12.1 Å². The number of nitrogens with zero attached hydrogens (tertiary/aromatic N) is 2. The van der Waals surface area contributed by atoms with Gasteiger partial charge in [-0.3, -0.25) is 14.5 Å². The number of fused-ring (bicyclic) bond motifs is 1. The Balaban J connectivity index is 1.46. The fourth-order valence-corrected chi connectivity index (χ4v) is 3.45. The fourth-order valence-electron chi connectivity index (χ4n) is 3.45. The molecule has 2 heterocycles. The van der Waals surface area contributed by atoms with E-state index in [4.69, 9.17) is 0 Å². The van der Waals surface area contributed by atoms with Crippen LogP contribution in [-0.4, -0.2) is 66.4 Å². The highest BCUT2D eigenvalue weighted by atomic mass is 16.2. The molecule has 0 saturated carbocycles. The lowest BCUT2D eigenvalue weighted by molar-refractivity contribution is -0.133. The lowest BCUT2D eigenvalue weighted by atomic mass is 10.1. The molecule has 1 fully saturated rings. The summed E-state index contributed by atoms with van der Waals surface area (Å²) in [6, 6.07) is 7.65. The van der Waals surface area contributed by atoms with Crippen LogP contribution in [0.25, 0.3) is 10.9 Å². The smallest absolute Gasteiger partial charge is 0.251 e. The summed E-state index contributed by atoms with van der Waals surface area (Å²) < 4.78 is 0. The Morgan fingerprint density at radius 2 is 2.16 bits per heavy atom. The number of nitrogens with one attached hydrogen (secondary N) is 2. The normalized spacial score (nSPS) is 17.8. The van der Waals surface area contributed by atoms with E-state index in [9.17, 15) is 9.59 Å². The molecule has 0 aliphatic carbocycles. The Kier molecular flexibility index (Phi) is 5.38. The number of likely N-dealkylation sites (N-methyl/N-ethyl adjacent to an activating group) is 1. The predicted octanol–water partition coefficient (Wildman–Crippen LogP) is 1.84. The molecule has 1 aromatic carbocycles. The Morgan fingerprint density at radius 1 is 1.32 bits per heavy atom. The van der Waals surface area contributed by atoms with E-state index in [1.54, 1.807) is 19.0 Å². The summed E-state index contributed by atoms with van der Waals surface area (Å²) in [7, 11) is 3.61. The van der Waals surface area contributed by atoms with E-state index in [2.05, 4.69) is 15.2 Å². The molecule has 1 aromatic heterocycles. The van der Waals surface area contributed by atoms with Crippen molar-refractivity contribution in [2.45, 2.75) is 25.3 Å². The topological polar surface area (TPSA) is 68.4 Å². The van der Waals surface area contributed by atoms with Crippen molar-refractivity contribution in [1.29, 1.82) is 0 Å². The maximum absolute atomic E-state index is 12.3. The van der Waals surface area contributed by atoms with E-state index >= 15 is 0 Å². The van der Waals surface area contributed by atoms with Crippen molar-refractivity contribution in [3.63, 3.8) is 0 Å². The molecular formula is C19H26N4O2. The van der Waals surface area contributed by atoms with Crippen LogP contribution in [0.2, 0.25) is 0 Å². The molecule has 6 heteroatoms. The summed E-state index contributed by atoms with van der Waals surface area (Å²) in [5.74, 6) is 0.125. The molecular weight excluding hydrogens is 316 g/mol. The number of hydrogen-bond acceptors (Lipinski definition) is 3. The van der Waals surface area contributed by atoms with E-state index in [0.717, 1.165) is 43.3 Å². The van der Waals surface area contributed by atoms with Crippen molar-refractivity contribution < 1.29 is 9.59 Å². The summed E-state index contributed by atoms with van der Waals surface area (Å²) in [5, 5.41) is 4.07. The molecule has 1 atom stereocenters. The summed E-state index contributed by atoms with van der Waals surface area (Å²) in [5.41, 5.74) is 1.63. The molecule has 6 nitrogen and oxygen atoms in total. The monoisotopic (exact) mass is 342 g/mol. The lowest BCUT2D eigenvalue weighted by Gasteiger charge is -2.26. The molecule has 1 aliphatic heterocycles. The molecule has 1 saturated heterocycles.